The predicted molar refractivity (Wildman–Crippen MR) is 97.3 cm³/mol. The van der Waals surface area contributed by atoms with Crippen LogP contribution >= 0.6 is 22.7 Å². The summed E-state index contributed by atoms with van der Waals surface area (Å²) >= 11 is 3.27. The Morgan fingerprint density at radius 1 is 1.29 bits per heavy atom. The van der Waals surface area contributed by atoms with E-state index in [1.54, 1.807) is 27.4 Å². The minimum atomic E-state index is -0.0786. The number of thiophene rings is 1. The summed E-state index contributed by atoms with van der Waals surface area (Å²) in [6.45, 7) is 4.50. The molecule has 3 heterocycles. The monoisotopic (exact) mass is 360 g/mol. The minimum Gasteiger partial charge on any atom is -0.346 e. The average Bonchev–Trinajstić information content (AvgIpc) is 3.27. The van der Waals surface area contributed by atoms with Crippen molar-refractivity contribution in [2.75, 3.05) is 0 Å². The molecule has 3 rings (SSSR count). The predicted octanol–water partition coefficient (Wildman–Crippen LogP) is 3.51. The Morgan fingerprint density at radius 2 is 2.17 bits per heavy atom. The molecule has 0 aliphatic carbocycles. The van der Waals surface area contributed by atoms with Gasteiger partial charge in [0.2, 0.25) is 5.91 Å². The van der Waals surface area contributed by atoms with Crippen LogP contribution in [0.25, 0.3) is 0 Å². The molecule has 0 spiro atoms. The van der Waals surface area contributed by atoms with Crippen molar-refractivity contribution in [2.45, 2.75) is 39.3 Å². The van der Waals surface area contributed by atoms with Gasteiger partial charge >= 0.3 is 0 Å². The summed E-state index contributed by atoms with van der Waals surface area (Å²) in [7, 11) is 0. The third-order valence-electron chi connectivity index (χ3n) is 3.63. The van der Waals surface area contributed by atoms with Gasteiger partial charge in [-0.05, 0) is 42.3 Å². The van der Waals surface area contributed by atoms with Gasteiger partial charge in [0, 0.05) is 36.7 Å². The van der Waals surface area contributed by atoms with Crippen LogP contribution in [0.3, 0.4) is 0 Å². The number of nitrogens with zero attached hydrogens (tertiary/aromatic N) is 3. The Labute approximate surface area is 149 Å². The molecule has 3 aromatic heterocycles. The number of thiazole rings is 1. The van der Waals surface area contributed by atoms with Crippen LogP contribution in [0.5, 0.6) is 0 Å². The summed E-state index contributed by atoms with van der Waals surface area (Å²) in [5.41, 5.74) is 3.18. The van der Waals surface area contributed by atoms with Crippen molar-refractivity contribution in [1.29, 1.82) is 0 Å². The third-order valence-corrected chi connectivity index (χ3v) is 5.44. The first kappa shape index (κ1) is 16.9. The molecule has 1 N–H and O–H groups in total. The van der Waals surface area contributed by atoms with Gasteiger partial charge in [0.05, 0.1) is 11.7 Å². The molecule has 5 nitrogen and oxygen atoms in total. The summed E-state index contributed by atoms with van der Waals surface area (Å²) < 4.78 is 1.80. The lowest BCUT2D eigenvalue weighted by Gasteiger charge is -2.16. The first-order valence-electron chi connectivity index (χ1n) is 7.82. The van der Waals surface area contributed by atoms with Crippen LogP contribution in [0.4, 0.5) is 0 Å². The zero-order valence-corrected chi connectivity index (χ0v) is 15.4. The van der Waals surface area contributed by atoms with Gasteiger partial charge in [0.25, 0.3) is 0 Å². The second-order valence-corrected chi connectivity index (χ2v) is 7.42. The largest absolute Gasteiger partial charge is 0.346 e. The number of rotatable bonds is 7. The molecule has 126 valence electrons. The van der Waals surface area contributed by atoms with E-state index in [-0.39, 0.29) is 11.9 Å². The van der Waals surface area contributed by atoms with E-state index >= 15 is 0 Å². The number of carbonyl (C=O) groups excluding carboxylic acids is 1. The van der Waals surface area contributed by atoms with Crippen molar-refractivity contribution >= 4 is 28.6 Å². The molecule has 1 atom stereocenters. The van der Waals surface area contributed by atoms with E-state index in [1.807, 2.05) is 31.5 Å². The molecule has 0 aromatic carbocycles. The van der Waals surface area contributed by atoms with Crippen LogP contribution < -0.4 is 5.32 Å². The van der Waals surface area contributed by atoms with Gasteiger partial charge in [0.1, 0.15) is 5.01 Å². The quantitative estimate of drug-likeness (QED) is 0.701. The van der Waals surface area contributed by atoms with Gasteiger partial charge in [-0.2, -0.15) is 16.4 Å². The van der Waals surface area contributed by atoms with Gasteiger partial charge in [0.15, 0.2) is 0 Å². The molecule has 0 aliphatic rings. The summed E-state index contributed by atoms with van der Waals surface area (Å²) in [6.07, 6.45) is 3.07. The summed E-state index contributed by atoms with van der Waals surface area (Å²) in [4.78, 5) is 16.9. The molecule has 0 saturated carbocycles. The molecular formula is C17H20N4OS2. The number of amides is 1. The van der Waals surface area contributed by atoms with E-state index in [0.717, 1.165) is 22.8 Å². The minimum absolute atomic E-state index is 0.0243. The lowest BCUT2D eigenvalue weighted by Crippen LogP contribution is -2.30. The van der Waals surface area contributed by atoms with Crippen LogP contribution in [0.2, 0.25) is 0 Å². The van der Waals surface area contributed by atoms with Gasteiger partial charge in [-0.3, -0.25) is 9.48 Å². The zero-order chi connectivity index (χ0) is 16.9. The Balaban J connectivity index is 1.63. The van der Waals surface area contributed by atoms with E-state index in [2.05, 4.69) is 32.2 Å². The highest BCUT2D eigenvalue weighted by atomic mass is 32.1. The maximum absolute atomic E-state index is 12.4. The number of hydrogen-bond acceptors (Lipinski definition) is 5. The first-order valence-corrected chi connectivity index (χ1v) is 9.65. The highest BCUT2D eigenvalue weighted by Crippen LogP contribution is 2.23. The van der Waals surface area contributed by atoms with Gasteiger partial charge in [-0.1, -0.05) is 0 Å². The average molecular weight is 361 g/mol. The zero-order valence-electron chi connectivity index (χ0n) is 13.7. The third kappa shape index (κ3) is 4.52. The lowest BCUT2D eigenvalue weighted by molar-refractivity contribution is -0.122. The normalized spacial score (nSPS) is 12.2. The van der Waals surface area contributed by atoms with Crippen molar-refractivity contribution in [2.24, 2.45) is 0 Å². The fourth-order valence-corrected chi connectivity index (χ4v) is 3.98. The van der Waals surface area contributed by atoms with Gasteiger partial charge < -0.3 is 5.32 Å². The second kappa shape index (κ2) is 7.72. The van der Waals surface area contributed by atoms with Crippen molar-refractivity contribution < 1.29 is 4.79 Å². The number of hydrogen-bond donors (Lipinski definition) is 1. The number of aryl methyl sites for hydroxylation is 3. The molecule has 7 heteroatoms. The summed E-state index contributed by atoms with van der Waals surface area (Å²) in [6, 6.07) is 3.96. The first-order chi connectivity index (χ1) is 11.6. The number of carbonyl (C=O) groups is 1. The van der Waals surface area contributed by atoms with Crippen LogP contribution in [-0.2, 0) is 17.8 Å². The summed E-state index contributed by atoms with van der Waals surface area (Å²) in [5, 5.41) is 14.6. The van der Waals surface area contributed by atoms with Crippen LogP contribution in [0.15, 0.2) is 34.5 Å². The van der Waals surface area contributed by atoms with Crippen molar-refractivity contribution in [1.82, 2.24) is 20.1 Å². The second-order valence-electron chi connectivity index (χ2n) is 5.75. The van der Waals surface area contributed by atoms with Crippen LogP contribution in [-0.4, -0.2) is 20.7 Å². The maximum atomic E-state index is 12.4. The molecule has 0 saturated heterocycles. The smallest absolute Gasteiger partial charge is 0.222 e. The van der Waals surface area contributed by atoms with Gasteiger partial charge in [-0.25, -0.2) is 4.98 Å². The highest BCUT2D eigenvalue weighted by Gasteiger charge is 2.18. The molecule has 24 heavy (non-hydrogen) atoms. The molecule has 1 amide bonds. The fourth-order valence-electron chi connectivity index (χ4n) is 2.45. The van der Waals surface area contributed by atoms with Crippen molar-refractivity contribution in [3.8, 4) is 0 Å². The number of nitrogens with one attached hydrogen (secondary N) is 1. The van der Waals surface area contributed by atoms with E-state index in [4.69, 9.17) is 0 Å². The molecule has 0 fully saturated rings. The van der Waals surface area contributed by atoms with E-state index < -0.39 is 0 Å². The molecule has 0 aliphatic heterocycles. The van der Waals surface area contributed by atoms with Gasteiger partial charge in [-0.15, -0.1) is 11.3 Å². The van der Waals surface area contributed by atoms with Crippen LogP contribution in [0, 0.1) is 13.8 Å². The molecule has 3 aromatic rings. The van der Waals surface area contributed by atoms with Crippen molar-refractivity contribution in [3.63, 3.8) is 0 Å². The molecule has 0 radical (unpaired) electrons. The Bertz CT molecular complexity index is 791. The molecular weight excluding hydrogens is 340 g/mol. The fraction of sp³-hybridized carbons (Fsp3) is 0.353. The lowest BCUT2D eigenvalue weighted by atomic mass is 10.1. The Kier molecular flexibility index (Phi) is 5.42. The van der Waals surface area contributed by atoms with Crippen molar-refractivity contribution in [3.05, 3.63) is 56.4 Å². The molecule has 0 unspecified atom stereocenters. The highest BCUT2D eigenvalue weighted by molar-refractivity contribution is 7.09. The van der Waals surface area contributed by atoms with Crippen LogP contribution in [0.1, 0.15) is 34.4 Å². The van der Waals surface area contributed by atoms with E-state index in [9.17, 15) is 4.79 Å². The Hall–Kier alpha value is -1.99. The van der Waals surface area contributed by atoms with E-state index in [1.165, 1.54) is 5.56 Å². The maximum Gasteiger partial charge on any atom is 0.222 e. The standard InChI is InChI=1S/C17H20N4OS2/c1-12-3-6-21(20-12)7-4-16(22)19-15(9-14-5-8-23-11-14)17-18-13(2)10-24-17/h3,5-6,8,10-11,15H,4,7,9H2,1-2H3,(H,19,22)/t15-/m0/s1. The number of aromatic nitrogens is 3. The van der Waals surface area contributed by atoms with E-state index in [0.29, 0.717) is 13.0 Å². The SMILES string of the molecule is Cc1csc([C@H](Cc2ccsc2)NC(=O)CCn2ccc(C)n2)n1. The Morgan fingerprint density at radius 3 is 2.79 bits per heavy atom. The molecule has 0 bridgehead atoms. The summed E-state index contributed by atoms with van der Waals surface area (Å²) in [5.74, 6) is 0.0243. The topological polar surface area (TPSA) is 59.8 Å².